The van der Waals surface area contributed by atoms with Crippen LogP contribution in [0, 0.1) is 0 Å². The van der Waals surface area contributed by atoms with E-state index in [4.69, 9.17) is 16.3 Å². The van der Waals surface area contributed by atoms with E-state index in [0.29, 0.717) is 29.6 Å². The zero-order valence-corrected chi connectivity index (χ0v) is 14.9. The molecule has 0 spiro atoms. The van der Waals surface area contributed by atoms with Crippen LogP contribution in [0.1, 0.15) is 18.5 Å². The molecule has 1 aliphatic rings. The molecule has 0 radical (unpaired) electrons. The lowest BCUT2D eigenvalue weighted by atomic mass is 9.90. The first-order chi connectivity index (χ1) is 12.5. The summed E-state index contributed by atoms with van der Waals surface area (Å²) < 4.78 is 5.80. The lowest BCUT2D eigenvalue weighted by Gasteiger charge is -2.38. The molecule has 0 unspecified atom stereocenters. The Hall–Kier alpha value is -2.60. The quantitative estimate of drug-likeness (QED) is 0.870. The maximum absolute atomic E-state index is 12.4. The van der Waals surface area contributed by atoms with Crippen LogP contribution in [-0.2, 0) is 16.0 Å². The minimum absolute atomic E-state index is 0.0609. The highest BCUT2D eigenvalue weighted by molar-refractivity contribution is 6.30. The van der Waals surface area contributed by atoms with E-state index in [1.54, 1.807) is 47.5 Å². The molecule has 1 aromatic heterocycles. The average Bonchev–Trinajstić information content (AvgIpc) is 2.65. The van der Waals surface area contributed by atoms with E-state index in [9.17, 15) is 14.7 Å². The predicted octanol–water partition coefficient (Wildman–Crippen LogP) is 2.80. The van der Waals surface area contributed by atoms with Gasteiger partial charge in [0.15, 0.2) is 0 Å². The highest BCUT2D eigenvalue weighted by Gasteiger charge is 2.44. The molecule has 2 heterocycles. The Bertz CT molecular complexity index is 772. The number of hydrogen-bond donors (Lipinski definition) is 1. The summed E-state index contributed by atoms with van der Waals surface area (Å²) >= 11 is 5.85. The molecule has 0 bridgehead atoms. The molecule has 1 aromatic carbocycles. The number of aromatic nitrogens is 1. The maximum Gasteiger partial charge on any atom is 0.348 e. The number of carbonyl (C=O) groups excluding carboxylic acids is 1. The Morgan fingerprint density at radius 3 is 2.42 bits per heavy atom. The van der Waals surface area contributed by atoms with Gasteiger partial charge in [-0.25, -0.2) is 4.79 Å². The van der Waals surface area contributed by atoms with Crippen LogP contribution in [0.5, 0.6) is 5.75 Å². The van der Waals surface area contributed by atoms with Crippen molar-refractivity contribution in [1.29, 1.82) is 0 Å². The molecule has 1 amide bonds. The summed E-state index contributed by atoms with van der Waals surface area (Å²) in [4.78, 5) is 30.1. The minimum Gasteiger partial charge on any atom is -0.478 e. The lowest BCUT2D eigenvalue weighted by Crippen LogP contribution is -2.54. The van der Waals surface area contributed by atoms with Crippen LogP contribution >= 0.6 is 11.6 Å². The summed E-state index contributed by atoms with van der Waals surface area (Å²) in [6.07, 6.45) is 2.30. The molecule has 0 saturated carbocycles. The number of carbonyl (C=O) groups is 2. The third-order valence-electron chi connectivity index (χ3n) is 4.50. The smallest absolute Gasteiger partial charge is 0.348 e. The number of rotatable bonds is 5. The SMILES string of the molecule is O=C(Cc1ccccn1)N1CCC(Oc2ccc(Cl)cc2)(C(=O)O)CC1. The van der Waals surface area contributed by atoms with E-state index in [2.05, 4.69) is 4.98 Å². The molecule has 3 rings (SSSR count). The van der Waals surface area contributed by atoms with Gasteiger partial charge in [0, 0.05) is 42.8 Å². The summed E-state index contributed by atoms with van der Waals surface area (Å²) in [6, 6.07) is 12.0. The number of likely N-dealkylation sites (tertiary alicyclic amines) is 1. The van der Waals surface area contributed by atoms with E-state index in [-0.39, 0.29) is 25.2 Å². The van der Waals surface area contributed by atoms with Gasteiger partial charge in [-0.1, -0.05) is 17.7 Å². The average molecular weight is 375 g/mol. The molecule has 1 aliphatic heterocycles. The molecule has 26 heavy (non-hydrogen) atoms. The van der Waals surface area contributed by atoms with Gasteiger partial charge in [-0.2, -0.15) is 0 Å². The van der Waals surface area contributed by atoms with Crippen LogP contribution in [-0.4, -0.2) is 45.6 Å². The Balaban J connectivity index is 1.64. The zero-order valence-electron chi connectivity index (χ0n) is 14.1. The standard InChI is InChI=1S/C19H19ClN2O4/c20-14-4-6-16(7-5-14)26-19(18(24)25)8-11-22(12-9-19)17(23)13-15-3-1-2-10-21-15/h1-7,10H,8-9,11-13H2,(H,24,25). The number of aliphatic carboxylic acids is 1. The number of nitrogens with zero attached hydrogens (tertiary/aromatic N) is 2. The molecule has 1 fully saturated rings. The van der Waals surface area contributed by atoms with E-state index >= 15 is 0 Å². The Labute approximate surface area is 156 Å². The third-order valence-corrected chi connectivity index (χ3v) is 4.75. The second kappa shape index (κ2) is 7.74. The summed E-state index contributed by atoms with van der Waals surface area (Å²) in [7, 11) is 0. The van der Waals surface area contributed by atoms with Crippen LogP contribution in [0.4, 0.5) is 0 Å². The second-order valence-corrected chi connectivity index (χ2v) is 6.67. The van der Waals surface area contributed by atoms with Crippen LogP contribution in [0.25, 0.3) is 0 Å². The third kappa shape index (κ3) is 4.14. The fraction of sp³-hybridized carbons (Fsp3) is 0.316. The molecule has 7 heteroatoms. The first-order valence-electron chi connectivity index (χ1n) is 8.34. The van der Waals surface area contributed by atoms with Crippen LogP contribution in [0.2, 0.25) is 5.02 Å². The molecular formula is C19H19ClN2O4. The van der Waals surface area contributed by atoms with E-state index in [0.717, 1.165) is 0 Å². The number of carboxylic acid groups (broad SMARTS) is 1. The van der Waals surface area contributed by atoms with Crippen molar-refractivity contribution in [2.75, 3.05) is 13.1 Å². The van der Waals surface area contributed by atoms with E-state index < -0.39 is 11.6 Å². The normalized spacial score (nSPS) is 16.1. The van der Waals surface area contributed by atoms with E-state index in [1.165, 1.54) is 0 Å². The largest absolute Gasteiger partial charge is 0.478 e. The summed E-state index contributed by atoms with van der Waals surface area (Å²) in [5.74, 6) is -0.636. The van der Waals surface area contributed by atoms with Crippen molar-refractivity contribution in [1.82, 2.24) is 9.88 Å². The number of amides is 1. The molecule has 1 N–H and O–H groups in total. The highest BCUT2D eigenvalue weighted by Crippen LogP contribution is 2.30. The number of hydrogen-bond acceptors (Lipinski definition) is 4. The molecule has 6 nitrogen and oxygen atoms in total. The molecule has 1 saturated heterocycles. The predicted molar refractivity (Wildman–Crippen MR) is 96.2 cm³/mol. The second-order valence-electron chi connectivity index (χ2n) is 6.23. The topological polar surface area (TPSA) is 79.7 Å². The monoisotopic (exact) mass is 374 g/mol. The molecule has 0 aliphatic carbocycles. The van der Waals surface area contributed by atoms with Crippen molar-refractivity contribution in [3.8, 4) is 5.75 Å². The van der Waals surface area contributed by atoms with Crippen molar-refractivity contribution in [2.45, 2.75) is 24.9 Å². The number of carboxylic acids is 1. The number of ether oxygens (including phenoxy) is 1. The fourth-order valence-corrected chi connectivity index (χ4v) is 3.10. The van der Waals surface area contributed by atoms with Gasteiger partial charge in [0.05, 0.1) is 6.42 Å². The highest BCUT2D eigenvalue weighted by atomic mass is 35.5. The van der Waals surface area contributed by atoms with Crippen molar-refractivity contribution in [3.63, 3.8) is 0 Å². The first kappa shape index (κ1) is 18.2. The van der Waals surface area contributed by atoms with Gasteiger partial charge in [0.1, 0.15) is 5.75 Å². The Kier molecular flexibility index (Phi) is 5.42. The lowest BCUT2D eigenvalue weighted by molar-refractivity contribution is -0.161. The maximum atomic E-state index is 12.4. The summed E-state index contributed by atoms with van der Waals surface area (Å²) in [5.41, 5.74) is -0.639. The van der Waals surface area contributed by atoms with Crippen LogP contribution < -0.4 is 4.74 Å². The van der Waals surface area contributed by atoms with Crippen molar-refractivity contribution in [2.24, 2.45) is 0 Å². The Morgan fingerprint density at radius 1 is 1.15 bits per heavy atom. The minimum atomic E-state index is -1.34. The van der Waals surface area contributed by atoms with Gasteiger partial charge >= 0.3 is 5.97 Å². The Morgan fingerprint density at radius 2 is 1.85 bits per heavy atom. The number of benzene rings is 1. The van der Waals surface area contributed by atoms with Gasteiger partial charge in [0.25, 0.3) is 0 Å². The fourth-order valence-electron chi connectivity index (χ4n) is 2.97. The van der Waals surface area contributed by atoms with Crippen molar-refractivity contribution in [3.05, 3.63) is 59.4 Å². The summed E-state index contributed by atoms with van der Waals surface area (Å²) in [5, 5.41) is 10.3. The van der Waals surface area contributed by atoms with Crippen molar-refractivity contribution >= 4 is 23.5 Å². The van der Waals surface area contributed by atoms with Gasteiger partial charge in [-0.15, -0.1) is 0 Å². The number of pyridine rings is 1. The van der Waals surface area contributed by atoms with Crippen LogP contribution in [0.3, 0.4) is 0 Å². The van der Waals surface area contributed by atoms with E-state index in [1.807, 2.05) is 6.07 Å². The van der Waals surface area contributed by atoms with Crippen molar-refractivity contribution < 1.29 is 19.4 Å². The molecule has 2 aromatic rings. The van der Waals surface area contributed by atoms with Gasteiger partial charge < -0.3 is 14.7 Å². The summed E-state index contributed by atoms with van der Waals surface area (Å²) in [6.45, 7) is 0.650. The van der Waals surface area contributed by atoms with Crippen LogP contribution in [0.15, 0.2) is 48.7 Å². The molecule has 136 valence electrons. The number of piperidine rings is 1. The van der Waals surface area contributed by atoms with Gasteiger partial charge in [-0.3, -0.25) is 9.78 Å². The van der Waals surface area contributed by atoms with Gasteiger partial charge in [-0.05, 0) is 36.4 Å². The van der Waals surface area contributed by atoms with Gasteiger partial charge in [0.2, 0.25) is 11.5 Å². The molecular weight excluding hydrogens is 356 g/mol. The number of halogens is 1. The first-order valence-corrected chi connectivity index (χ1v) is 8.72. The zero-order chi connectivity index (χ0) is 18.6. The molecule has 0 atom stereocenters.